The highest BCUT2D eigenvalue weighted by molar-refractivity contribution is 6.07. The highest BCUT2D eigenvalue weighted by Crippen LogP contribution is 2.49. The lowest BCUT2D eigenvalue weighted by Crippen LogP contribution is -2.49. The summed E-state index contributed by atoms with van der Waals surface area (Å²) in [6, 6.07) is 5.87. The highest BCUT2D eigenvalue weighted by atomic mass is 16.5. The minimum Gasteiger partial charge on any atom is -0.497 e. The first-order valence-electron chi connectivity index (χ1n) is 8.99. The molecule has 2 N–H and O–H groups in total. The van der Waals surface area contributed by atoms with Crippen LogP contribution in [0.4, 0.5) is 0 Å². The second-order valence-corrected chi connectivity index (χ2v) is 7.67. The Hall–Kier alpha value is -2.76. The highest BCUT2D eigenvalue weighted by Gasteiger charge is 2.55. The summed E-state index contributed by atoms with van der Waals surface area (Å²) in [5.74, 6) is 1.55. The minimum absolute atomic E-state index is 0.123. The van der Waals surface area contributed by atoms with Gasteiger partial charge in [-0.25, -0.2) is 4.99 Å². The van der Waals surface area contributed by atoms with Crippen LogP contribution < -0.4 is 10.5 Å². The number of nitrogens with two attached hydrogens (primary N) is 1. The van der Waals surface area contributed by atoms with E-state index >= 15 is 0 Å². The molecule has 144 valence electrons. The van der Waals surface area contributed by atoms with Gasteiger partial charge in [0, 0.05) is 19.0 Å². The first-order valence-corrected chi connectivity index (χ1v) is 8.99. The summed E-state index contributed by atoms with van der Waals surface area (Å²) in [7, 11) is 3.30. The van der Waals surface area contributed by atoms with Crippen molar-refractivity contribution in [3.63, 3.8) is 0 Å². The van der Waals surface area contributed by atoms with E-state index in [0.29, 0.717) is 12.2 Å². The van der Waals surface area contributed by atoms with Crippen LogP contribution >= 0.6 is 0 Å². The van der Waals surface area contributed by atoms with Crippen LogP contribution in [0, 0.1) is 0 Å². The molecule has 6 heteroatoms. The standard InChI is InChI=1S/C21H27N3O3/c1-7-15(26-6)10-13(2)14-8-9-17-16(11-14)21(12-20(3,4)27-17)18(25)24(5)19(22)23-21/h7-11H,12H2,1-6H3,(H2,22,23)/b13-10+,15-7+. The molecule has 2 aliphatic rings. The SMILES string of the molecule is C/C=C(\C=C(/C)c1ccc2c(c1)C1(CC(C)(C)O2)N=C(N)N(C)C1=O)OC. The van der Waals surface area contributed by atoms with E-state index in [1.54, 1.807) is 14.2 Å². The Kier molecular flexibility index (Phi) is 4.54. The number of carbonyl (C=O) groups excluding carboxylic acids is 1. The number of allylic oxidation sites excluding steroid dienone is 3. The van der Waals surface area contributed by atoms with E-state index in [9.17, 15) is 4.79 Å². The number of likely N-dealkylation sites (N-methyl/N-ethyl adjacent to an activating group) is 1. The smallest absolute Gasteiger partial charge is 0.261 e. The van der Waals surface area contributed by atoms with Crippen LogP contribution in [-0.2, 0) is 15.1 Å². The molecule has 2 aliphatic heterocycles. The van der Waals surface area contributed by atoms with E-state index in [-0.39, 0.29) is 11.9 Å². The van der Waals surface area contributed by atoms with Crippen LogP contribution in [-0.4, -0.2) is 36.5 Å². The lowest BCUT2D eigenvalue weighted by atomic mass is 9.77. The molecule has 0 radical (unpaired) electrons. The maximum absolute atomic E-state index is 13.1. The van der Waals surface area contributed by atoms with E-state index in [0.717, 1.165) is 22.5 Å². The van der Waals surface area contributed by atoms with Crippen molar-refractivity contribution >= 4 is 17.4 Å². The molecule has 0 aliphatic carbocycles. The molecule has 1 unspecified atom stereocenters. The van der Waals surface area contributed by atoms with E-state index in [1.165, 1.54) is 4.90 Å². The number of ether oxygens (including phenoxy) is 2. The summed E-state index contributed by atoms with van der Waals surface area (Å²) in [6.07, 6.45) is 4.29. The fourth-order valence-electron chi connectivity index (χ4n) is 3.78. The molecule has 2 heterocycles. The van der Waals surface area contributed by atoms with Crippen molar-refractivity contribution in [2.75, 3.05) is 14.2 Å². The van der Waals surface area contributed by atoms with Gasteiger partial charge in [0.15, 0.2) is 11.5 Å². The van der Waals surface area contributed by atoms with Crippen LogP contribution in [0.3, 0.4) is 0 Å². The van der Waals surface area contributed by atoms with Crippen molar-refractivity contribution < 1.29 is 14.3 Å². The molecule has 1 aromatic rings. The predicted molar refractivity (Wildman–Crippen MR) is 106 cm³/mol. The van der Waals surface area contributed by atoms with Gasteiger partial charge in [-0.1, -0.05) is 6.07 Å². The summed E-state index contributed by atoms with van der Waals surface area (Å²) in [6.45, 7) is 7.85. The van der Waals surface area contributed by atoms with Crippen molar-refractivity contribution in [2.45, 2.75) is 45.3 Å². The molecular weight excluding hydrogens is 342 g/mol. The van der Waals surface area contributed by atoms with Gasteiger partial charge in [0.1, 0.15) is 17.1 Å². The average Bonchev–Trinajstić information content (AvgIpc) is 2.82. The Labute approximate surface area is 160 Å². The van der Waals surface area contributed by atoms with Crippen molar-refractivity contribution in [3.8, 4) is 5.75 Å². The number of benzene rings is 1. The molecule has 0 aromatic heterocycles. The zero-order valence-corrected chi connectivity index (χ0v) is 16.8. The van der Waals surface area contributed by atoms with Gasteiger partial charge in [0.25, 0.3) is 5.91 Å². The number of aliphatic imine (C=N–C) groups is 1. The largest absolute Gasteiger partial charge is 0.497 e. The van der Waals surface area contributed by atoms with E-state index < -0.39 is 11.1 Å². The van der Waals surface area contributed by atoms with Gasteiger partial charge in [0.2, 0.25) is 0 Å². The Morgan fingerprint density at radius 2 is 2.11 bits per heavy atom. The average molecular weight is 369 g/mol. The second-order valence-electron chi connectivity index (χ2n) is 7.67. The third-order valence-corrected chi connectivity index (χ3v) is 5.13. The number of rotatable bonds is 3. The number of methoxy groups -OCH3 is 1. The number of fused-ring (bicyclic) bond motifs is 2. The first-order chi connectivity index (χ1) is 12.6. The molecule has 0 saturated carbocycles. The van der Waals surface area contributed by atoms with Crippen molar-refractivity contribution in [2.24, 2.45) is 10.7 Å². The van der Waals surface area contributed by atoms with Crippen molar-refractivity contribution in [3.05, 3.63) is 47.2 Å². The fraction of sp³-hybridized carbons (Fsp3) is 0.429. The summed E-state index contributed by atoms with van der Waals surface area (Å²) >= 11 is 0. The third-order valence-electron chi connectivity index (χ3n) is 5.13. The summed E-state index contributed by atoms with van der Waals surface area (Å²) < 4.78 is 11.5. The first kappa shape index (κ1) is 19.0. The number of hydrogen-bond acceptors (Lipinski definition) is 5. The fourth-order valence-corrected chi connectivity index (χ4v) is 3.78. The number of carbonyl (C=O) groups is 1. The van der Waals surface area contributed by atoms with Gasteiger partial charge in [-0.3, -0.25) is 9.69 Å². The number of nitrogens with zero attached hydrogens (tertiary/aromatic N) is 2. The van der Waals surface area contributed by atoms with Crippen LogP contribution in [0.5, 0.6) is 5.75 Å². The summed E-state index contributed by atoms with van der Waals surface area (Å²) in [5, 5.41) is 0. The molecule has 1 aromatic carbocycles. The zero-order chi connectivity index (χ0) is 20.0. The molecule has 0 saturated heterocycles. The second kappa shape index (κ2) is 6.44. The van der Waals surface area contributed by atoms with Crippen molar-refractivity contribution in [1.29, 1.82) is 0 Å². The van der Waals surface area contributed by atoms with Gasteiger partial charge >= 0.3 is 0 Å². The maximum Gasteiger partial charge on any atom is 0.261 e. The summed E-state index contributed by atoms with van der Waals surface area (Å²) in [5.41, 5.74) is 7.17. The van der Waals surface area contributed by atoms with Crippen LogP contribution in [0.15, 0.2) is 41.1 Å². The minimum atomic E-state index is -1.04. The van der Waals surface area contributed by atoms with Crippen molar-refractivity contribution in [1.82, 2.24) is 4.90 Å². The topological polar surface area (TPSA) is 77.2 Å². The number of hydrogen-bond donors (Lipinski definition) is 1. The van der Waals surface area contributed by atoms with Gasteiger partial charge < -0.3 is 15.2 Å². The molecule has 0 fully saturated rings. The van der Waals surface area contributed by atoms with Crippen LogP contribution in [0.1, 0.15) is 45.2 Å². The van der Waals surface area contributed by atoms with E-state index in [4.69, 9.17) is 15.2 Å². The zero-order valence-electron chi connectivity index (χ0n) is 16.8. The quantitative estimate of drug-likeness (QED) is 0.656. The van der Waals surface area contributed by atoms with Crippen LogP contribution in [0.2, 0.25) is 0 Å². The maximum atomic E-state index is 13.1. The van der Waals surface area contributed by atoms with Gasteiger partial charge in [0.05, 0.1) is 7.11 Å². The molecule has 1 atom stereocenters. The Balaban J connectivity index is 2.17. The lowest BCUT2D eigenvalue weighted by molar-refractivity contribution is -0.133. The van der Waals surface area contributed by atoms with E-state index in [2.05, 4.69) is 4.99 Å². The number of guanidine groups is 1. The molecule has 3 rings (SSSR count). The lowest BCUT2D eigenvalue weighted by Gasteiger charge is -2.41. The van der Waals surface area contributed by atoms with Gasteiger partial charge in [-0.05, 0) is 63.1 Å². The molecule has 1 amide bonds. The monoisotopic (exact) mass is 369 g/mol. The number of amides is 1. The predicted octanol–water partition coefficient (Wildman–Crippen LogP) is 3.18. The normalized spacial score (nSPS) is 24.6. The molecule has 1 spiro atoms. The molecule has 6 nitrogen and oxygen atoms in total. The Morgan fingerprint density at radius 1 is 1.41 bits per heavy atom. The Bertz CT molecular complexity index is 883. The van der Waals surface area contributed by atoms with Crippen LogP contribution in [0.25, 0.3) is 5.57 Å². The summed E-state index contributed by atoms with van der Waals surface area (Å²) in [4.78, 5) is 19.2. The molecular formula is C21H27N3O3. The molecule has 0 bridgehead atoms. The van der Waals surface area contributed by atoms with Gasteiger partial charge in [-0.2, -0.15) is 0 Å². The Morgan fingerprint density at radius 3 is 2.67 bits per heavy atom. The third kappa shape index (κ3) is 3.09. The molecule has 27 heavy (non-hydrogen) atoms. The van der Waals surface area contributed by atoms with Gasteiger partial charge in [-0.15, -0.1) is 0 Å². The van der Waals surface area contributed by atoms with E-state index in [1.807, 2.05) is 58.0 Å².